The first-order valence-electron chi connectivity index (χ1n) is 6.39. The smallest absolute Gasteiger partial charge is 0.239 e. The summed E-state index contributed by atoms with van der Waals surface area (Å²) in [7, 11) is 1.73. The van der Waals surface area contributed by atoms with Crippen LogP contribution in [-0.2, 0) is 4.79 Å². The van der Waals surface area contributed by atoms with Gasteiger partial charge in [-0.1, -0.05) is 33.6 Å². The van der Waals surface area contributed by atoms with E-state index in [1.54, 1.807) is 11.9 Å². The fraction of sp³-hybridized carbons (Fsp3) is 0.923. The summed E-state index contributed by atoms with van der Waals surface area (Å²) in [6.45, 7) is 6.25. The van der Waals surface area contributed by atoms with Crippen LogP contribution in [0, 0.1) is 5.41 Å². The lowest BCUT2D eigenvalue weighted by molar-refractivity contribution is -0.136. The summed E-state index contributed by atoms with van der Waals surface area (Å²) in [4.78, 5) is 13.7. The predicted molar refractivity (Wildman–Crippen MR) is 68.5 cm³/mol. The van der Waals surface area contributed by atoms with E-state index in [1.807, 2.05) is 20.8 Å². The number of carbonyl (C=O) groups is 1. The molecule has 1 fully saturated rings. The SMILES string of the molecule is CN(CC1(O)CCCC1)C(=O)[C@@H](N)C(C)(C)C. The van der Waals surface area contributed by atoms with Crippen LogP contribution in [0.2, 0.25) is 0 Å². The minimum atomic E-state index is -0.692. The first kappa shape index (κ1) is 14.5. The Balaban J connectivity index is 2.58. The van der Waals surface area contributed by atoms with Crippen LogP contribution in [0.15, 0.2) is 0 Å². The largest absolute Gasteiger partial charge is 0.388 e. The Morgan fingerprint density at radius 1 is 1.41 bits per heavy atom. The highest BCUT2D eigenvalue weighted by Gasteiger charge is 2.36. The van der Waals surface area contributed by atoms with Crippen molar-refractivity contribution in [2.24, 2.45) is 11.1 Å². The number of hydrogen-bond acceptors (Lipinski definition) is 3. The highest BCUT2D eigenvalue weighted by Crippen LogP contribution is 2.30. The normalized spacial score (nSPS) is 21.3. The van der Waals surface area contributed by atoms with Gasteiger partial charge in [0.1, 0.15) is 0 Å². The number of likely N-dealkylation sites (N-methyl/N-ethyl adjacent to an activating group) is 1. The Morgan fingerprint density at radius 2 is 1.88 bits per heavy atom. The van der Waals surface area contributed by atoms with Crippen LogP contribution >= 0.6 is 0 Å². The van der Waals surface area contributed by atoms with Crippen LogP contribution in [0.1, 0.15) is 46.5 Å². The molecule has 1 amide bonds. The van der Waals surface area contributed by atoms with E-state index in [0.717, 1.165) is 25.7 Å². The number of aliphatic hydroxyl groups is 1. The Hall–Kier alpha value is -0.610. The van der Waals surface area contributed by atoms with E-state index in [0.29, 0.717) is 6.54 Å². The number of nitrogens with two attached hydrogens (primary N) is 1. The van der Waals surface area contributed by atoms with Crippen molar-refractivity contribution in [3.8, 4) is 0 Å². The van der Waals surface area contributed by atoms with Crippen molar-refractivity contribution in [2.45, 2.75) is 58.1 Å². The van der Waals surface area contributed by atoms with E-state index in [4.69, 9.17) is 5.73 Å². The van der Waals surface area contributed by atoms with Gasteiger partial charge in [0.15, 0.2) is 0 Å². The maximum atomic E-state index is 12.1. The first-order valence-corrected chi connectivity index (χ1v) is 6.39. The molecule has 1 rings (SSSR count). The van der Waals surface area contributed by atoms with Gasteiger partial charge in [0.25, 0.3) is 0 Å². The minimum Gasteiger partial charge on any atom is -0.388 e. The van der Waals surface area contributed by atoms with E-state index >= 15 is 0 Å². The van der Waals surface area contributed by atoms with E-state index < -0.39 is 11.6 Å². The highest BCUT2D eigenvalue weighted by molar-refractivity contribution is 5.82. The average Bonchev–Trinajstić information content (AvgIpc) is 2.61. The van der Waals surface area contributed by atoms with E-state index in [-0.39, 0.29) is 11.3 Å². The number of rotatable bonds is 3. The number of nitrogens with zero attached hydrogens (tertiary/aromatic N) is 1. The third kappa shape index (κ3) is 3.68. The minimum absolute atomic E-state index is 0.0853. The molecule has 4 heteroatoms. The summed E-state index contributed by atoms with van der Waals surface area (Å²) < 4.78 is 0. The molecule has 3 N–H and O–H groups in total. The second-order valence-electron chi connectivity index (χ2n) is 6.47. The maximum absolute atomic E-state index is 12.1. The van der Waals surface area contributed by atoms with Crippen molar-refractivity contribution in [1.29, 1.82) is 0 Å². The molecule has 0 heterocycles. The van der Waals surface area contributed by atoms with Crippen LogP contribution in [0.3, 0.4) is 0 Å². The molecule has 0 aromatic rings. The molecular weight excluding hydrogens is 216 g/mol. The van der Waals surface area contributed by atoms with Gasteiger partial charge in [-0.15, -0.1) is 0 Å². The monoisotopic (exact) mass is 242 g/mol. The van der Waals surface area contributed by atoms with Crippen molar-refractivity contribution in [3.05, 3.63) is 0 Å². The van der Waals surface area contributed by atoms with Crippen LogP contribution < -0.4 is 5.73 Å². The summed E-state index contributed by atoms with van der Waals surface area (Å²) in [5.41, 5.74) is 5.00. The van der Waals surface area contributed by atoms with E-state index in [9.17, 15) is 9.90 Å². The predicted octanol–water partition coefficient (Wildman–Crippen LogP) is 1.12. The zero-order valence-corrected chi connectivity index (χ0v) is 11.5. The van der Waals surface area contributed by atoms with Crippen LogP contribution in [0.25, 0.3) is 0 Å². The van der Waals surface area contributed by atoms with Crippen LogP contribution in [0.4, 0.5) is 0 Å². The lowest BCUT2D eigenvalue weighted by Crippen LogP contribution is -2.52. The standard InChI is InChI=1S/C13H26N2O2/c1-12(2,3)10(14)11(16)15(4)9-13(17)7-5-6-8-13/h10,17H,5-9,14H2,1-4H3/t10-/m1/s1. The molecule has 0 unspecified atom stereocenters. The van der Waals surface area contributed by atoms with Crippen molar-refractivity contribution in [2.75, 3.05) is 13.6 Å². The molecule has 0 aliphatic heterocycles. The second kappa shape index (κ2) is 4.94. The average molecular weight is 242 g/mol. The lowest BCUT2D eigenvalue weighted by atomic mass is 9.86. The molecule has 0 aromatic carbocycles. The molecule has 100 valence electrons. The molecule has 4 nitrogen and oxygen atoms in total. The summed E-state index contributed by atoms with van der Waals surface area (Å²) >= 11 is 0. The fourth-order valence-electron chi connectivity index (χ4n) is 2.32. The molecule has 0 aromatic heterocycles. The molecule has 1 aliphatic carbocycles. The van der Waals surface area contributed by atoms with Crippen molar-refractivity contribution in [3.63, 3.8) is 0 Å². The molecule has 1 atom stereocenters. The quantitative estimate of drug-likeness (QED) is 0.779. The van der Waals surface area contributed by atoms with Crippen molar-refractivity contribution in [1.82, 2.24) is 4.90 Å². The summed E-state index contributed by atoms with van der Waals surface area (Å²) in [6.07, 6.45) is 3.67. The van der Waals surface area contributed by atoms with Crippen molar-refractivity contribution < 1.29 is 9.90 Å². The molecule has 1 saturated carbocycles. The summed E-state index contributed by atoms with van der Waals surface area (Å²) in [5.74, 6) is -0.0853. The lowest BCUT2D eigenvalue weighted by Gasteiger charge is -2.33. The molecule has 17 heavy (non-hydrogen) atoms. The van der Waals surface area contributed by atoms with Gasteiger partial charge >= 0.3 is 0 Å². The molecule has 0 radical (unpaired) electrons. The van der Waals surface area contributed by atoms with E-state index in [1.165, 1.54) is 0 Å². The molecule has 0 spiro atoms. The van der Waals surface area contributed by atoms with Gasteiger partial charge in [-0.05, 0) is 18.3 Å². The van der Waals surface area contributed by atoms with Crippen molar-refractivity contribution >= 4 is 5.91 Å². The third-order valence-electron chi connectivity index (χ3n) is 3.64. The number of amides is 1. The van der Waals surface area contributed by atoms with Gasteiger partial charge in [0, 0.05) is 13.6 Å². The molecule has 0 saturated heterocycles. The molecule has 0 bridgehead atoms. The topological polar surface area (TPSA) is 66.6 Å². The van der Waals surface area contributed by atoms with Gasteiger partial charge < -0.3 is 15.7 Å². The Bertz CT molecular complexity index is 278. The van der Waals surface area contributed by atoms with Gasteiger partial charge in [-0.3, -0.25) is 4.79 Å². The fourth-order valence-corrected chi connectivity index (χ4v) is 2.32. The summed E-state index contributed by atoms with van der Waals surface area (Å²) in [5, 5.41) is 10.3. The zero-order chi connectivity index (χ0) is 13.3. The first-order chi connectivity index (χ1) is 7.66. The third-order valence-corrected chi connectivity index (χ3v) is 3.64. The zero-order valence-electron chi connectivity index (χ0n) is 11.5. The highest BCUT2D eigenvalue weighted by atomic mass is 16.3. The number of carbonyl (C=O) groups excluding carboxylic acids is 1. The van der Waals surface area contributed by atoms with Crippen LogP contribution in [0.5, 0.6) is 0 Å². The van der Waals surface area contributed by atoms with Crippen LogP contribution in [-0.4, -0.2) is 41.1 Å². The van der Waals surface area contributed by atoms with Gasteiger partial charge in [0.2, 0.25) is 5.91 Å². The maximum Gasteiger partial charge on any atom is 0.239 e. The summed E-state index contributed by atoms with van der Waals surface area (Å²) in [6, 6.07) is -0.516. The second-order valence-corrected chi connectivity index (χ2v) is 6.47. The van der Waals surface area contributed by atoms with Gasteiger partial charge in [-0.25, -0.2) is 0 Å². The Morgan fingerprint density at radius 3 is 2.29 bits per heavy atom. The number of hydrogen-bond donors (Lipinski definition) is 2. The molecular formula is C13H26N2O2. The Labute approximate surface area is 104 Å². The Kier molecular flexibility index (Phi) is 4.20. The molecule has 1 aliphatic rings. The van der Waals surface area contributed by atoms with Gasteiger partial charge in [-0.2, -0.15) is 0 Å². The van der Waals surface area contributed by atoms with Gasteiger partial charge in [0.05, 0.1) is 11.6 Å². The van der Waals surface area contributed by atoms with E-state index in [2.05, 4.69) is 0 Å².